The van der Waals surface area contributed by atoms with Gasteiger partial charge in [-0.15, -0.1) is 0 Å². The van der Waals surface area contributed by atoms with Crippen molar-refractivity contribution < 1.29 is 18.1 Å². The minimum Gasteiger partial charge on any atom is -0.373 e. The van der Waals surface area contributed by atoms with Crippen LogP contribution in [0.2, 0.25) is 0 Å². The van der Waals surface area contributed by atoms with Crippen LogP contribution < -0.4 is 10.6 Å². The van der Waals surface area contributed by atoms with Gasteiger partial charge in [-0.2, -0.15) is 13.2 Å². The Bertz CT molecular complexity index is 451. The number of hydrogen-bond acceptors (Lipinski definition) is 5. The Morgan fingerprint density at radius 1 is 1.42 bits per heavy atom. The lowest BCUT2D eigenvalue weighted by molar-refractivity contribution is -0.384. The zero-order chi connectivity index (χ0) is 14.5. The van der Waals surface area contributed by atoms with Gasteiger partial charge in [0, 0.05) is 26.1 Å². The first-order valence-electron chi connectivity index (χ1n) is 5.47. The maximum atomic E-state index is 11.9. The van der Waals surface area contributed by atoms with Gasteiger partial charge in [0.2, 0.25) is 5.82 Å². The van der Waals surface area contributed by atoms with Gasteiger partial charge in [-0.25, -0.2) is 4.98 Å². The number of alkyl halides is 3. The average Bonchev–Trinajstić information content (AvgIpc) is 2.33. The molecule has 0 fully saturated rings. The molecule has 0 amide bonds. The second-order valence-electron chi connectivity index (χ2n) is 3.72. The van der Waals surface area contributed by atoms with Crippen molar-refractivity contribution in [2.24, 2.45) is 0 Å². The van der Waals surface area contributed by atoms with Crippen LogP contribution in [-0.4, -0.2) is 29.7 Å². The summed E-state index contributed by atoms with van der Waals surface area (Å²) in [7, 11) is 1.58. The molecule has 0 aliphatic rings. The standard InChI is InChI=1S/C10H13F3N4O2/c1-14-8-4-3-7(17(18)19)9(16-8)15-6-2-5-10(11,12)13/h3-4H,2,5-6H2,1H3,(H2,14,15,16). The Balaban J connectivity index is 2.67. The van der Waals surface area contributed by atoms with E-state index in [1.807, 2.05) is 0 Å². The lowest BCUT2D eigenvalue weighted by atomic mass is 10.3. The van der Waals surface area contributed by atoms with Gasteiger partial charge in [0.05, 0.1) is 4.92 Å². The van der Waals surface area contributed by atoms with E-state index < -0.39 is 17.5 Å². The van der Waals surface area contributed by atoms with Gasteiger partial charge in [-0.3, -0.25) is 10.1 Å². The van der Waals surface area contributed by atoms with Crippen LogP contribution in [0.1, 0.15) is 12.8 Å². The fraction of sp³-hybridized carbons (Fsp3) is 0.500. The summed E-state index contributed by atoms with van der Waals surface area (Å²) in [6.45, 7) is -0.0412. The highest BCUT2D eigenvalue weighted by atomic mass is 19.4. The molecule has 0 aliphatic heterocycles. The van der Waals surface area contributed by atoms with E-state index in [4.69, 9.17) is 0 Å². The normalized spacial score (nSPS) is 11.2. The summed E-state index contributed by atoms with van der Waals surface area (Å²) in [4.78, 5) is 14.0. The molecule has 9 heteroatoms. The van der Waals surface area contributed by atoms with Crippen LogP contribution in [0.25, 0.3) is 0 Å². The number of aromatic nitrogens is 1. The van der Waals surface area contributed by atoms with Gasteiger partial charge >= 0.3 is 11.9 Å². The molecule has 0 aliphatic carbocycles. The number of halogens is 3. The van der Waals surface area contributed by atoms with Crippen molar-refractivity contribution in [3.63, 3.8) is 0 Å². The molecule has 0 radical (unpaired) electrons. The predicted octanol–water partition coefficient (Wildman–Crippen LogP) is 2.79. The van der Waals surface area contributed by atoms with Gasteiger partial charge in [-0.1, -0.05) is 0 Å². The van der Waals surface area contributed by atoms with E-state index in [0.29, 0.717) is 5.82 Å². The maximum absolute atomic E-state index is 11.9. The molecular formula is C10H13F3N4O2. The van der Waals surface area contributed by atoms with Crippen molar-refractivity contribution in [2.75, 3.05) is 24.2 Å². The van der Waals surface area contributed by atoms with E-state index in [2.05, 4.69) is 15.6 Å². The monoisotopic (exact) mass is 278 g/mol. The van der Waals surface area contributed by atoms with E-state index in [-0.39, 0.29) is 24.5 Å². The number of nitrogens with zero attached hydrogens (tertiary/aromatic N) is 2. The van der Waals surface area contributed by atoms with Gasteiger partial charge in [0.15, 0.2) is 0 Å². The molecule has 106 valence electrons. The number of hydrogen-bond donors (Lipinski definition) is 2. The van der Waals surface area contributed by atoms with E-state index in [1.165, 1.54) is 12.1 Å². The molecule has 1 aromatic heterocycles. The summed E-state index contributed by atoms with van der Waals surface area (Å²) in [6.07, 6.45) is -5.35. The van der Waals surface area contributed by atoms with Crippen LogP contribution in [0.5, 0.6) is 0 Å². The minimum absolute atomic E-state index is 0.0412. The van der Waals surface area contributed by atoms with Gasteiger partial charge in [-0.05, 0) is 12.5 Å². The SMILES string of the molecule is CNc1ccc([N+](=O)[O-])c(NCCCC(F)(F)F)n1. The largest absolute Gasteiger partial charge is 0.389 e. The first kappa shape index (κ1) is 15.0. The molecule has 2 N–H and O–H groups in total. The molecule has 6 nitrogen and oxygen atoms in total. The molecular weight excluding hydrogens is 265 g/mol. The molecule has 1 rings (SSSR count). The summed E-state index contributed by atoms with van der Waals surface area (Å²) in [5.41, 5.74) is -0.272. The zero-order valence-electron chi connectivity index (χ0n) is 10.1. The highest BCUT2D eigenvalue weighted by Crippen LogP contribution is 2.25. The fourth-order valence-corrected chi connectivity index (χ4v) is 1.36. The average molecular weight is 278 g/mol. The molecule has 0 aromatic carbocycles. The zero-order valence-corrected chi connectivity index (χ0v) is 10.1. The first-order valence-corrected chi connectivity index (χ1v) is 5.47. The lowest BCUT2D eigenvalue weighted by Crippen LogP contribution is -2.12. The fourth-order valence-electron chi connectivity index (χ4n) is 1.36. The first-order chi connectivity index (χ1) is 8.83. The topological polar surface area (TPSA) is 80.1 Å². The summed E-state index contributed by atoms with van der Waals surface area (Å²) >= 11 is 0. The van der Waals surface area contributed by atoms with Crippen molar-refractivity contribution in [1.82, 2.24) is 4.98 Å². The van der Waals surface area contributed by atoms with Crippen LogP contribution in [0.3, 0.4) is 0 Å². The summed E-state index contributed by atoms with van der Waals surface area (Å²) in [5.74, 6) is 0.350. The Hall–Kier alpha value is -2.06. The van der Waals surface area contributed by atoms with Crippen molar-refractivity contribution in [3.05, 3.63) is 22.2 Å². The highest BCUT2D eigenvalue weighted by molar-refractivity contribution is 5.60. The van der Waals surface area contributed by atoms with Gasteiger partial charge in [0.1, 0.15) is 5.82 Å². The molecule has 0 saturated heterocycles. The number of nitrogens with one attached hydrogen (secondary N) is 2. The third kappa shape index (κ3) is 4.98. The summed E-state index contributed by atoms with van der Waals surface area (Å²) in [5, 5.41) is 16.0. The van der Waals surface area contributed by atoms with E-state index in [0.717, 1.165) is 0 Å². The van der Waals surface area contributed by atoms with Crippen molar-refractivity contribution in [3.8, 4) is 0 Å². The van der Waals surface area contributed by atoms with Crippen LogP contribution >= 0.6 is 0 Å². The van der Waals surface area contributed by atoms with E-state index in [9.17, 15) is 23.3 Å². The second kappa shape index (κ2) is 6.21. The molecule has 1 heterocycles. The van der Waals surface area contributed by atoms with Crippen LogP contribution in [0.15, 0.2) is 12.1 Å². The van der Waals surface area contributed by atoms with Crippen LogP contribution in [-0.2, 0) is 0 Å². The maximum Gasteiger partial charge on any atom is 0.389 e. The number of rotatable bonds is 6. The molecule has 0 bridgehead atoms. The molecule has 0 atom stereocenters. The van der Waals surface area contributed by atoms with E-state index in [1.54, 1.807) is 7.05 Å². The quantitative estimate of drug-likeness (QED) is 0.475. The van der Waals surface area contributed by atoms with Crippen molar-refractivity contribution in [2.45, 2.75) is 19.0 Å². The Morgan fingerprint density at radius 2 is 2.11 bits per heavy atom. The van der Waals surface area contributed by atoms with Gasteiger partial charge in [0.25, 0.3) is 0 Å². The minimum atomic E-state index is -4.23. The Kier molecular flexibility index (Phi) is 4.90. The summed E-state index contributed by atoms with van der Waals surface area (Å²) in [6, 6.07) is 2.66. The van der Waals surface area contributed by atoms with Crippen molar-refractivity contribution in [1.29, 1.82) is 0 Å². The molecule has 0 unspecified atom stereocenters. The van der Waals surface area contributed by atoms with Crippen LogP contribution in [0.4, 0.5) is 30.5 Å². The number of pyridine rings is 1. The molecule has 1 aromatic rings. The third-order valence-electron chi connectivity index (χ3n) is 2.26. The second-order valence-corrected chi connectivity index (χ2v) is 3.72. The molecule has 19 heavy (non-hydrogen) atoms. The number of nitro groups is 1. The van der Waals surface area contributed by atoms with Crippen LogP contribution in [0, 0.1) is 10.1 Å². The third-order valence-corrected chi connectivity index (χ3v) is 2.26. The Morgan fingerprint density at radius 3 is 2.63 bits per heavy atom. The van der Waals surface area contributed by atoms with Crippen molar-refractivity contribution >= 4 is 17.3 Å². The Labute approximate surface area is 107 Å². The highest BCUT2D eigenvalue weighted by Gasteiger charge is 2.26. The predicted molar refractivity (Wildman–Crippen MR) is 64.2 cm³/mol. The van der Waals surface area contributed by atoms with Gasteiger partial charge < -0.3 is 10.6 Å². The smallest absolute Gasteiger partial charge is 0.373 e. The lowest BCUT2D eigenvalue weighted by Gasteiger charge is -2.09. The molecule has 0 spiro atoms. The molecule has 0 saturated carbocycles. The van der Waals surface area contributed by atoms with E-state index >= 15 is 0 Å². The summed E-state index contributed by atoms with van der Waals surface area (Å²) < 4.78 is 35.8. The number of anilines is 2.